The first-order chi connectivity index (χ1) is 12.7. The Bertz CT molecular complexity index is 931. The number of hydrogen-bond donors (Lipinski definition) is 0. The van der Waals surface area contributed by atoms with E-state index in [1.54, 1.807) is 30.3 Å². The van der Waals surface area contributed by atoms with Gasteiger partial charge in [0.1, 0.15) is 5.82 Å². The highest BCUT2D eigenvalue weighted by atomic mass is 16.5. The number of Topliss-reactive ketones (excluding diaryl/α,β-unsaturated/α-hetero) is 1. The van der Waals surface area contributed by atoms with Crippen LogP contribution in [0, 0.1) is 5.92 Å². The van der Waals surface area contributed by atoms with Gasteiger partial charge in [-0.1, -0.05) is 0 Å². The summed E-state index contributed by atoms with van der Waals surface area (Å²) in [6, 6.07) is 3.88. The molecule has 0 aromatic carbocycles. The van der Waals surface area contributed by atoms with Crippen molar-refractivity contribution >= 4 is 17.2 Å². The van der Waals surface area contributed by atoms with Gasteiger partial charge in [-0.05, 0) is 12.8 Å². The molecule has 1 unspecified atom stereocenters. The van der Waals surface area contributed by atoms with E-state index in [9.17, 15) is 4.79 Å². The molecule has 26 heavy (non-hydrogen) atoms. The fourth-order valence-corrected chi connectivity index (χ4v) is 3.58. The van der Waals surface area contributed by atoms with Crippen molar-refractivity contribution < 1.29 is 9.53 Å². The zero-order chi connectivity index (χ0) is 18.1. The third-order valence-electron chi connectivity index (χ3n) is 4.84. The Morgan fingerprint density at radius 2 is 2.27 bits per heavy atom. The maximum absolute atomic E-state index is 12.9. The van der Waals surface area contributed by atoms with E-state index in [-0.39, 0.29) is 11.7 Å². The summed E-state index contributed by atoms with van der Waals surface area (Å²) in [5, 5.41) is 4.40. The molecule has 1 aliphatic heterocycles. The van der Waals surface area contributed by atoms with Crippen LogP contribution in [0.2, 0.25) is 0 Å². The van der Waals surface area contributed by atoms with Crippen molar-refractivity contribution in [1.29, 1.82) is 0 Å². The maximum Gasteiger partial charge on any atom is 0.203 e. The molecule has 0 radical (unpaired) electrons. The highest BCUT2D eigenvalue weighted by molar-refractivity contribution is 5.95. The number of ether oxygens (including phenoxy) is 1. The van der Waals surface area contributed by atoms with Crippen LogP contribution >= 0.6 is 0 Å². The topological polar surface area (TPSA) is 77.5 Å². The minimum Gasteiger partial charge on any atom is -0.378 e. The molecule has 3 aromatic rings. The van der Waals surface area contributed by atoms with Crippen LogP contribution in [-0.4, -0.2) is 50.1 Å². The Hall–Kier alpha value is -2.74. The van der Waals surface area contributed by atoms with Crippen molar-refractivity contribution in [1.82, 2.24) is 24.1 Å². The smallest absolute Gasteiger partial charge is 0.203 e. The maximum atomic E-state index is 12.9. The van der Waals surface area contributed by atoms with Gasteiger partial charge in [-0.2, -0.15) is 9.61 Å². The van der Waals surface area contributed by atoms with Crippen LogP contribution < -0.4 is 4.90 Å². The molecular formula is C18H22N6O2. The standard InChI is InChI=1S/C18H22N6O2/c1-22-9-7-19-18(22)17(25)13-4-3-8-23(11-13)16-10-14(12-26-2)21-15-5-6-20-24(15)16/h5-7,9-10,13H,3-4,8,11-12H2,1-2H3. The van der Waals surface area contributed by atoms with Gasteiger partial charge in [-0.25, -0.2) is 9.97 Å². The molecule has 0 spiro atoms. The lowest BCUT2D eigenvalue weighted by Gasteiger charge is -2.33. The first-order valence-electron chi connectivity index (χ1n) is 8.76. The summed E-state index contributed by atoms with van der Waals surface area (Å²) in [6.07, 6.45) is 7.04. The van der Waals surface area contributed by atoms with Crippen molar-refractivity contribution in [3.05, 3.63) is 42.2 Å². The van der Waals surface area contributed by atoms with Crippen LogP contribution in [0.25, 0.3) is 5.65 Å². The highest BCUT2D eigenvalue weighted by Crippen LogP contribution is 2.26. The van der Waals surface area contributed by atoms with Crippen molar-refractivity contribution in [2.24, 2.45) is 13.0 Å². The largest absolute Gasteiger partial charge is 0.378 e. The number of nitrogens with zero attached hydrogens (tertiary/aromatic N) is 6. The highest BCUT2D eigenvalue weighted by Gasteiger charge is 2.30. The monoisotopic (exact) mass is 354 g/mol. The Balaban J connectivity index is 1.64. The van der Waals surface area contributed by atoms with E-state index < -0.39 is 0 Å². The summed E-state index contributed by atoms with van der Waals surface area (Å²) >= 11 is 0. The number of anilines is 1. The molecule has 4 rings (SSSR count). The van der Waals surface area contributed by atoms with Crippen LogP contribution in [0.4, 0.5) is 5.82 Å². The SMILES string of the molecule is COCc1cc(N2CCCC(C(=O)c3nccn3C)C2)n2nccc2n1. The van der Waals surface area contributed by atoms with Gasteiger partial charge in [0, 0.05) is 57.7 Å². The Labute approximate surface area is 151 Å². The van der Waals surface area contributed by atoms with Crippen molar-refractivity contribution in [3.63, 3.8) is 0 Å². The number of ketones is 1. The van der Waals surface area contributed by atoms with Gasteiger partial charge in [0.15, 0.2) is 11.5 Å². The van der Waals surface area contributed by atoms with Crippen LogP contribution in [-0.2, 0) is 18.4 Å². The number of piperidine rings is 1. The van der Waals surface area contributed by atoms with Gasteiger partial charge < -0.3 is 14.2 Å². The molecule has 3 aromatic heterocycles. The fourth-order valence-electron chi connectivity index (χ4n) is 3.58. The van der Waals surface area contributed by atoms with Gasteiger partial charge >= 0.3 is 0 Å². The van der Waals surface area contributed by atoms with Crippen molar-refractivity contribution in [3.8, 4) is 0 Å². The first kappa shape index (κ1) is 16.7. The van der Waals surface area contributed by atoms with E-state index >= 15 is 0 Å². The molecule has 1 saturated heterocycles. The number of aryl methyl sites for hydroxylation is 1. The minimum atomic E-state index is -0.0745. The van der Waals surface area contributed by atoms with E-state index in [0.29, 0.717) is 19.0 Å². The van der Waals surface area contributed by atoms with Crippen LogP contribution in [0.3, 0.4) is 0 Å². The number of carbonyl (C=O) groups is 1. The van der Waals surface area contributed by atoms with E-state index in [0.717, 1.165) is 36.5 Å². The van der Waals surface area contributed by atoms with E-state index in [4.69, 9.17) is 4.74 Å². The third kappa shape index (κ3) is 2.96. The number of aromatic nitrogens is 5. The second-order valence-corrected chi connectivity index (χ2v) is 6.65. The zero-order valence-corrected chi connectivity index (χ0v) is 15.0. The Morgan fingerprint density at radius 3 is 3.04 bits per heavy atom. The number of carbonyl (C=O) groups excluding carboxylic acids is 1. The molecule has 0 bridgehead atoms. The molecule has 0 N–H and O–H groups in total. The molecule has 0 aliphatic carbocycles. The summed E-state index contributed by atoms with van der Waals surface area (Å²) in [6.45, 7) is 1.98. The molecule has 1 atom stereocenters. The number of hydrogen-bond acceptors (Lipinski definition) is 6. The lowest BCUT2D eigenvalue weighted by Crippen LogP contribution is -2.40. The molecular weight excluding hydrogens is 332 g/mol. The normalized spacial score (nSPS) is 17.8. The van der Waals surface area contributed by atoms with Gasteiger partial charge in [-0.15, -0.1) is 0 Å². The molecule has 1 fully saturated rings. The molecule has 1 aliphatic rings. The predicted molar refractivity (Wildman–Crippen MR) is 96.2 cm³/mol. The lowest BCUT2D eigenvalue weighted by atomic mass is 9.93. The molecule has 8 heteroatoms. The van der Waals surface area contributed by atoms with E-state index in [1.807, 2.05) is 23.7 Å². The summed E-state index contributed by atoms with van der Waals surface area (Å²) in [7, 11) is 3.51. The Morgan fingerprint density at radius 1 is 1.38 bits per heavy atom. The average molecular weight is 354 g/mol. The van der Waals surface area contributed by atoms with Crippen LogP contribution in [0.15, 0.2) is 30.7 Å². The summed E-state index contributed by atoms with van der Waals surface area (Å²) < 4.78 is 8.86. The number of methoxy groups -OCH3 is 1. The molecule has 0 saturated carbocycles. The van der Waals surface area contributed by atoms with E-state index in [1.165, 1.54) is 0 Å². The molecule has 4 heterocycles. The zero-order valence-electron chi connectivity index (χ0n) is 15.0. The van der Waals surface area contributed by atoms with Gasteiger partial charge in [-0.3, -0.25) is 4.79 Å². The quantitative estimate of drug-likeness (QED) is 0.649. The number of fused-ring (bicyclic) bond motifs is 1. The predicted octanol–water partition coefficient (Wildman–Crippen LogP) is 1.71. The lowest BCUT2D eigenvalue weighted by molar-refractivity contribution is 0.0893. The summed E-state index contributed by atoms with van der Waals surface area (Å²) in [5.41, 5.74) is 1.64. The van der Waals surface area contributed by atoms with Crippen molar-refractivity contribution in [2.45, 2.75) is 19.4 Å². The number of rotatable bonds is 5. The number of imidazole rings is 1. The Kier molecular flexibility index (Phi) is 4.42. The van der Waals surface area contributed by atoms with Crippen LogP contribution in [0.1, 0.15) is 29.2 Å². The van der Waals surface area contributed by atoms with Crippen molar-refractivity contribution in [2.75, 3.05) is 25.1 Å². The van der Waals surface area contributed by atoms with E-state index in [2.05, 4.69) is 20.0 Å². The van der Waals surface area contributed by atoms with Gasteiger partial charge in [0.2, 0.25) is 5.78 Å². The summed E-state index contributed by atoms with van der Waals surface area (Å²) in [5.74, 6) is 1.50. The van der Waals surface area contributed by atoms with Gasteiger partial charge in [0.25, 0.3) is 0 Å². The molecule has 8 nitrogen and oxygen atoms in total. The van der Waals surface area contributed by atoms with Crippen LogP contribution in [0.5, 0.6) is 0 Å². The third-order valence-corrected chi connectivity index (χ3v) is 4.84. The fraction of sp³-hybridized carbons (Fsp3) is 0.444. The average Bonchev–Trinajstić information content (AvgIpc) is 3.29. The van der Waals surface area contributed by atoms with Gasteiger partial charge in [0.05, 0.1) is 18.5 Å². The second-order valence-electron chi connectivity index (χ2n) is 6.65. The first-order valence-corrected chi connectivity index (χ1v) is 8.76. The molecule has 0 amide bonds. The minimum absolute atomic E-state index is 0.0745. The molecule has 136 valence electrons. The summed E-state index contributed by atoms with van der Waals surface area (Å²) in [4.78, 5) is 23.9. The second kappa shape index (κ2) is 6.87.